The maximum absolute atomic E-state index is 4.20. The normalized spacial score (nSPS) is 10.6. The summed E-state index contributed by atoms with van der Waals surface area (Å²) in [6, 6.07) is 0. The van der Waals surface area contributed by atoms with Gasteiger partial charge >= 0.3 is 0 Å². The van der Waals surface area contributed by atoms with Gasteiger partial charge in [0.25, 0.3) is 0 Å². The van der Waals surface area contributed by atoms with Crippen molar-refractivity contribution in [2.24, 2.45) is 7.05 Å². The van der Waals surface area contributed by atoms with Gasteiger partial charge in [0.2, 0.25) is 0 Å². The van der Waals surface area contributed by atoms with E-state index in [0.717, 1.165) is 14.3 Å². The van der Waals surface area contributed by atoms with Crippen molar-refractivity contribution in [3.8, 4) is 0 Å². The Labute approximate surface area is 56.5 Å². The van der Waals surface area contributed by atoms with Crippen molar-refractivity contribution in [1.29, 1.82) is 0 Å². The van der Waals surface area contributed by atoms with Gasteiger partial charge in [-0.2, -0.15) is 4.75 Å². The number of aryl methyl sites for hydroxylation is 1. The standard InChI is InChI=1S/C5H10N3P/c1-7(2)5-4-8(3)9-6-5/h4H,1-3H3. The summed E-state index contributed by atoms with van der Waals surface area (Å²) in [5.41, 5.74) is 0. The predicted molar refractivity (Wildman–Crippen MR) is 40.0 cm³/mol. The minimum Gasteiger partial charge on any atom is -0.361 e. The smallest absolute Gasteiger partial charge is 0.151 e. The van der Waals surface area contributed by atoms with E-state index < -0.39 is 0 Å². The lowest BCUT2D eigenvalue weighted by Crippen LogP contribution is -2.08. The van der Waals surface area contributed by atoms with Crippen LogP contribution in [0.5, 0.6) is 0 Å². The zero-order chi connectivity index (χ0) is 6.85. The maximum atomic E-state index is 4.20. The molecule has 0 spiro atoms. The van der Waals surface area contributed by atoms with Gasteiger partial charge in [-0.1, -0.05) is 0 Å². The number of anilines is 1. The molecule has 0 aromatic carbocycles. The average Bonchev–Trinajstić information content (AvgIpc) is 2.14. The highest BCUT2D eigenvalue weighted by atomic mass is 31.1. The third kappa shape index (κ3) is 1.42. The van der Waals surface area contributed by atoms with Crippen LogP contribution in [0.2, 0.25) is 0 Å². The van der Waals surface area contributed by atoms with Crippen molar-refractivity contribution in [3.05, 3.63) is 6.20 Å². The van der Waals surface area contributed by atoms with E-state index in [1.165, 1.54) is 0 Å². The molecule has 0 atom stereocenters. The number of rotatable bonds is 1. The van der Waals surface area contributed by atoms with Crippen LogP contribution in [0.15, 0.2) is 6.20 Å². The van der Waals surface area contributed by atoms with Crippen LogP contribution in [0, 0.1) is 0 Å². The Morgan fingerprint density at radius 2 is 2.33 bits per heavy atom. The summed E-state index contributed by atoms with van der Waals surface area (Å²) in [5.74, 6) is 1.04. The lowest BCUT2D eigenvalue weighted by molar-refractivity contribution is 1.01. The second-order valence-electron chi connectivity index (χ2n) is 2.14. The summed E-state index contributed by atoms with van der Waals surface area (Å²) in [6.45, 7) is 0. The molecule has 1 rings (SSSR count). The Bertz CT molecular complexity index is 194. The van der Waals surface area contributed by atoms with E-state index in [1.54, 1.807) is 0 Å². The fraction of sp³-hybridized carbons (Fsp3) is 0.600. The van der Waals surface area contributed by atoms with E-state index in [4.69, 9.17) is 0 Å². The number of nitrogens with zero attached hydrogens (tertiary/aromatic N) is 3. The molecule has 0 radical (unpaired) electrons. The van der Waals surface area contributed by atoms with Gasteiger partial charge in [0.05, 0.1) is 6.20 Å². The summed E-state index contributed by atoms with van der Waals surface area (Å²) in [7, 11) is 7.00. The molecule has 3 nitrogen and oxygen atoms in total. The highest BCUT2D eigenvalue weighted by Crippen LogP contribution is 2.11. The van der Waals surface area contributed by atoms with Crippen LogP contribution in [0.3, 0.4) is 0 Å². The predicted octanol–water partition coefficient (Wildman–Crippen LogP) is 1.07. The SMILES string of the molecule is CN(C)c1cn(C)pn1. The van der Waals surface area contributed by atoms with Gasteiger partial charge in [0.15, 0.2) is 5.82 Å². The zero-order valence-electron chi connectivity index (χ0n) is 5.87. The lowest BCUT2D eigenvalue weighted by atomic mass is 10.7. The van der Waals surface area contributed by atoms with E-state index in [-0.39, 0.29) is 0 Å². The van der Waals surface area contributed by atoms with Gasteiger partial charge in [0.1, 0.15) is 8.51 Å². The third-order valence-electron chi connectivity index (χ3n) is 1.05. The van der Waals surface area contributed by atoms with E-state index >= 15 is 0 Å². The first kappa shape index (κ1) is 6.56. The maximum Gasteiger partial charge on any atom is 0.151 e. The Morgan fingerprint density at radius 3 is 2.56 bits per heavy atom. The highest BCUT2D eigenvalue weighted by Gasteiger charge is 1.95. The largest absolute Gasteiger partial charge is 0.361 e. The Balaban J connectivity index is 2.85. The van der Waals surface area contributed by atoms with Crippen molar-refractivity contribution in [2.45, 2.75) is 0 Å². The molecule has 0 unspecified atom stereocenters. The summed E-state index contributed by atoms with van der Waals surface area (Å²) in [5, 5.41) is 0. The molecule has 9 heavy (non-hydrogen) atoms. The quantitative estimate of drug-likeness (QED) is 0.586. The molecule has 0 saturated heterocycles. The van der Waals surface area contributed by atoms with Crippen molar-refractivity contribution in [2.75, 3.05) is 19.0 Å². The molecule has 4 heteroatoms. The molecule has 0 fully saturated rings. The average molecular weight is 143 g/mol. The molecule has 1 aromatic rings. The van der Waals surface area contributed by atoms with Gasteiger partial charge in [-0.3, -0.25) is 0 Å². The number of hydrogen-bond donors (Lipinski definition) is 0. The molecule has 0 bridgehead atoms. The van der Waals surface area contributed by atoms with Crippen LogP contribution in [0.4, 0.5) is 5.82 Å². The van der Waals surface area contributed by atoms with E-state index in [2.05, 4.69) is 4.75 Å². The van der Waals surface area contributed by atoms with Gasteiger partial charge in [-0.25, -0.2) is 0 Å². The molecular weight excluding hydrogens is 133 g/mol. The van der Waals surface area contributed by atoms with Crippen molar-refractivity contribution in [3.63, 3.8) is 0 Å². The van der Waals surface area contributed by atoms with Gasteiger partial charge in [-0.15, -0.1) is 0 Å². The number of aromatic nitrogens is 2. The summed E-state index contributed by atoms with van der Waals surface area (Å²) >= 11 is 0. The topological polar surface area (TPSA) is 21.1 Å². The molecule has 50 valence electrons. The molecule has 0 aliphatic heterocycles. The van der Waals surface area contributed by atoms with E-state index in [0.29, 0.717) is 0 Å². The Morgan fingerprint density at radius 1 is 1.67 bits per heavy atom. The highest BCUT2D eigenvalue weighted by molar-refractivity contribution is 7.21. The third-order valence-corrected chi connectivity index (χ3v) is 1.74. The molecule has 0 aliphatic rings. The summed E-state index contributed by atoms with van der Waals surface area (Å²) < 4.78 is 6.22. The van der Waals surface area contributed by atoms with Gasteiger partial charge in [0, 0.05) is 21.1 Å². The minimum atomic E-state index is 1.02. The first-order valence-corrected chi connectivity index (χ1v) is 3.54. The van der Waals surface area contributed by atoms with Crippen LogP contribution in [-0.4, -0.2) is 23.2 Å². The first-order valence-electron chi connectivity index (χ1n) is 2.74. The van der Waals surface area contributed by atoms with Crippen LogP contribution in [-0.2, 0) is 7.05 Å². The molecule has 1 aromatic heterocycles. The summed E-state index contributed by atoms with van der Waals surface area (Å²) in [4.78, 5) is 2.00. The van der Waals surface area contributed by atoms with Gasteiger partial charge in [-0.05, 0) is 0 Å². The van der Waals surface area contributed by atoms with Crippen LogP contribution in [0.25, 0.3) is 0 Å². The van der Waals surface area contributed by atoms with Crippen molar-refractivity contribution >= 4 is 14.3 Å². The summed E-state index contributed by atoms with van der Waals surface area (Å²) in [6.07, 6.45) is 2.02. The second-order valence-corrected chi connectivity index (χ2v) is 3.15. The Kier molecular flexibility index (Phi) is 1.72. The number of hydrogen-bond acceptors (Lipinski definition) is 2. The fourth-order valence-corrected chi connectivity index (χ4v) is 1.16. The van der Waals surface area contributed by atoms with Crippen LogP contribution < -0.4 is 4.90 Å². The molecule has 0 saturated carbocycles. The minimum absolute atomic E-state index is 1.02. The van der Waals surface area contributed by atoms with Crippen LogP contribution >= 0.6 is 8.51 Å². The molecule has 0 N–H and O–H groups in total. The van der Waals surface area contributed by atoms with E-state index in [1.807, 2.05) is 36.6 Å². The molecule has 0 aliphatic carbocycles. The molecule has 0 amide bonds. The first-order chi connectivity index (χ1) is 4.20. The molecular formula is C5H10N3P. The second kappa shape index (κ2) is 2.36. The van der Waals surface area contributed by atoms with Crippen LogP contribution in [0.1, 0.15) is 0 Å². The fourth-order valence-electron chi connectivity index (χ4n) is 0.540. The lowest BCUT2D eigenvalue weighted by Gasteiger charge is -2.05. The van der Waals surface area contributed by atoms with Crippen molar-refractivity contribution < 1.29 is 0 Å². The van der Waals surface area contributed by atoms with E-state index in [9.17, 15) is 0 Å². The van der Waals surface area contributed by atoms with Crippen molar-refractivity contribution in [1.82, 2.24) is 9.08 Å². The zero-order valence-corrected chi connectivity index (χ0v) is 6.76. The van der Waals surface area contributed by atoms with Gasteiger partial charge < -0.3 is 9.23 Å². The molecule has 1 heterocycles. The monoisotopic (exact) mass is 143 g/mol. The Hall–Kier alpha value is -0.560.